The highest BCUT2D eigenvalue weighted by Gasteiger charge is 2.43. The summed E-state index contributed by atoms with van der Waals surface area (Å²) in [5, 5.41) is 6.13. The van der Waals surface area contributed by atoms with Crippen LogP contribution in [0.25, 0.3) is 0 Å². The van der Waals surface area contributed by atoms with Gasteiger partial charge in [0.1, 0.15) is 0 Å². The summed E-state index contributed by atoms with van der Waals surface area (Å²) in [4.78, 5) is 39.2. The standard InChI is InChI=1S/C23H19ClN4O3.HI/c1-15(29)25-17-9-11-19(12-10-17)28-21(30)14-27-13-3-2-4-20(27)22(28)23(31)26-18-7-5-16(24)6-8-18;/h2-13,22H,14H2,1H3,(H-,25,26,29,31);1H. The lowest BCUT2D eigenvalue weighted by Crippen LogP contribution is -3.00. The van der Waals surface area contributed by atoms with Crippen molar-refractivity contribution in [2.45, 2.75) is 19.5 Å². The number of halogens is 2. The van der Waals surface area contributed by atoms with Crippen LogP contribution in [0.5, 0.6) is 0 Å². The van der Waals surface area contributed by atoms with Crippen molar-refractivity contribution in [1.29, 1.82) is 0 Å². The molecule has 2 heterocycles. The van der Waals surface area contributed by atoms with Crippen LogP contribution in [0, 0.1) is 0 Å². The van der Waals surface area contributed by atoms with Gasteiger partial charge in [0.25, 0.3) is 11.8 Å². The molecule has 0 radical (unpaired) electrons. The zero-order chi connectivity index (χ0) is 22.0. The number of pyridine rings is 1. The van der Waals surface area contributed by atoms with Gasteiger partial charge in [0.05, 0.1) is 0 Å². The maximum atomic E-state index is 13.3. The number of carbonyl (C=O) groups excluding carboxylic acids is 3. The minimum Gasteiger partial charge on any atom is -1.00 e. The monoisotopic (exact) mass is 562 g/mol. The number of nitrogens with one attached hydrogen (secondary N) is 2. The van der Waals surface area contributed by atoms with Gasteiger partial charge in [0.15, 0.2) is 6.20 Å². The number of carbonyl (C=O) groups is 3. The van der Waals surface area contributed by atoms with E-state index in [4.69, 9.17) is 11.6 Å². The molecular formula is C23H20ClIN4O3. The molecule has 3 aromatic rings. The van der Waals surface area contributed by atoms with Crippen molar-refractivity contribution in [1.82, 2.24) is 0 Å². The van der Waals surface area contributed by atoms with E-state index in [2.05, 4.69) is 10.6 Å². The van der Waals surface area contributed by atoms with Crippen molar-refractivity contribution in [2.24, 2.45) is 0 Å². The van der Waals surface area contributed by atoms with Crippen molar-refractivity contribution in [3.63, 3.8) is 0 Å². The molecule has 7 nitrogen and oxygen atoms in total. The number of rotatable bonds is 4. The Labute approximate surface area is 207 Å². The van der Waals surface area contributed by atoms with E-state index in [9.17, 15) is 14.4 Å². The molecule has 1 aliphatic rings. The molecule has 164 valence electrons. The fourth-order valence-corrected chi connectivity index (χ4v) is 3.70. The SMILES string of the molecule is CC(=O)Nc1ccc(N2C(=O)C[n+]3ccccc3C2C(=O)Nc2ccc(Cl)cc2)cc1.[I-]. The van der Waals surface area contributed by atoms with Gasteiger partial charge in [-0.3, -0.25) is 19.3 Å². The minimum absolute atomic E-state index is 0. The van der Waals surface area contributed by atoms with E-state index in [0.717, 1.165) is 0 Å². The first-order valence-corrected chi connectivity index (χ1v) is 10.0. The van der Waals surface area contributed by atoms with Gasteiger partial charge < -0.3 is 34.6 Å². The van der Waals surface area contributed by atoms with Crippen molar-refractivity contribution >= 4 is 46.4 Å². The number of aromatic nitrogens is 1. The Morgan fingerprint density at radius 1 is 0.969 bits per heavy atom. The third-order valence-corrected chi connectivity index (χ3v) is 5.17. The third kappa shape index (κ3) is 5.08. The average Bonchev–Trinajstić information content (AvgIpc) is 2.74. The first-order chi connectivity index (χ1) is 14.9. The van der Waals surface area contributed by atoms with Gasteiger partial charge in [-0.15, -0.1) is 0 Å². The fourth-order valence-electron chi connectivity index (χ4n) is 3.58. The lowest BCUT2D eigenvalue weighted by atomic mass is 10.0. The van der Waals surface area contributed by atoms with E-state index in [1.54, 1.807) is 59.3 Å². The van der Waals surface area contributed by atoms with Gasteiger partial charge >= 0.3 is 0 Å². The smallest absolute Gasteiger partial charge is 0.294 e. The van der Waals surface area contributed by atoms with Gasteiger partial charge in [-0.25, -0.2) is 0 Å². The average molecular weight is 563 g/mol. The van der Waals surface area contributed by atoms with Gasteiger partial charge in [0.2, 0.25) is 24.2 Å². The maximum absolute atomic E-state index is 13.3. The fraction of sp³-hybridized carbons (Fsp3) is 0.130. The summed E-state index contributed by atoms with van der Waals surface area (Å²) >= 11 is 5.94. The quantitative estimate of drug-likeness (QED) is 0.355. The van der Waals surface area contributed by atoms with E-state index in [0.29, 0.717) is 27.8 Å². The number of amides is 3. The zero-order valence-corrected chi connectivity index (χ0v) is 20.0. The summed E-state index contributed by atoms with van der Waals surface area (Å²) in [5.41, 5.74) is 2.44. The van der Waals surface area contributed by atoms with Gasteiger partial charge in [0, 0.05) is 41.1 Å². The first-order valence-electron chi connectivity index (χ1n) is 9.67. The Balaban J connectivity index is 0.00000289. The second-order valence-electron chi connectivity index (χ2n) is 7.14. The van der Waals surface area contributed by atoms with Crippen molar-refractivity contribution < 1.29 is 42.9 Å². The topological polar surface area (TPSA) is 82.4 Å². The molecular weight excluding hydrogens is 543 g/mol. The highest BCUT2D eigenvalue weighted by atomic mass is 127. The molecule has 3 amide bonds. The lowest BCUT2D eigenvalue weighted by Gasteiger charge is -2.32. The number of fused-ring (bicyclic) bond motifs is 1. The predicted molar refractivity (Wildman–Crippen MR) is 118 cm³/mol. The lowest BCUT2D eigenvalue weighted by molar-refractivity contribution is -0.695. The second-order valence-corrected chi connectivity index (χ2v) is 7.58. The minimum atomic E-state index is -0.871. The zero-order valence-electron chi connectivity index (χ0n) is 17.1. The molecule has 1 unspecified atom stereocenters. The molecule has 0 bridgehead atoms. The molecule has 0 spiro atoms. The Morgan fingerprint density at radius 2 is 1.59 bits per heavy atom. The molecule has 1 aromatic heterocycles. The molecule has 0 saturated carbocycles. The van der Waals surface area contributed by atoms with E-state index in [1.807, 2.05) is 18.2 Å². The largest absolute Gasteiger partial charge is 1.00 e. The van der Waals surface area contributed by atoms with Crippen molar-refractivity contribution in [3.05, 3.63) is 83.6 Å². The molecule has 0 saturated heterocycles. The Morgan fingerprint density at radius 3 is 2.25 bits per heavy atom. The highest BCUT2D eigenvalue weighted by Crippen LogP contribution is 2.31. The van der Waals surface area contributed by atoms with Crippen molar-refractivity contribution in [3.8, 4) is 0 Å². The van der Waals surface area contributed by atoms with Crippen LogP contribution >= 0.6 is 11.6 Å². The number of nitrogens with zero attached hydrogens (tertiary/aromatic N) is 2. The van der Waals surface area contributed by atoms with E-state index in [-0.39, 0.29) is 48.2 Å². The first kappa shape index (κ1) is 23.7. The highest BCUT2D eigenvalue weighted by molar-refractivity contribution is 6.30. The molecule has 1 aliphatic heterocycles. The molecule has 32 heavy (non-hydrogen) atoms. The summed E-state index contributed by atoms with van der Waals surface area (Å²) in [6.45, 7) is 1.54. The molecule has 0 aliphatic carbocycles. The summed E-state index contributed by atoms with van der Waals surface area (Å²) in [5.74, 6) is -0.749. The van der Waals surface area contributed by atoms with Crippen molar-refractivity contribution in [2.75, 3.05) is 15.5 Å². The number of hydrogen-bond donors (Lipinski definition) is 2. The van der Waals surface area contributed by atoms with E-state index in [1.165, 1.54) is 11.8 Å². The number of anilines is 3. The Kier molecular flexibility index (Phi) is 7.47. The molecule has 9 heteroatoms. The van der Waals surface area contributed by atoms with Gasteiger partial charge in [-0.2, -0.15) is 4.57 Å². The molecule has 2 N–H and O–H groups in total. The summed E-state index contributed by atoms with van der Waals surface area (Å²) < 4.78 is 1.77. The van der Waals surface area contributed by atoms with E-state index < -0.39 is 6.04 Å². The van der Waals surface area contributed by atoms with Crippen LogP contribution in [0.2, 0.25) is 5.02 Å². The van der Waals surface area contributed by atoms with Crippen LogP contribution in [0.3, 0.4) is 0 Å². The van der Waals surface area contributed by atoms with Crippen LogP contribution in [0.15, 0.2) is 72.9 Å². The predicted octanol–water partition coefficient (Wildman–Crippen LogP) is 0.316. The van der Waals surface area contributed by atoms with Gasteiger partial charge in [-0.1, -0.05) is 17.7 Å². The summed E-state index contributed by atoms with van der Waals surface area (Å²) in [7, 11) is 0. The molecule has 1 atom stereocenters. The summed E-state index contributed by atoms with van der Waals surface area (Å²) in [6, 6.07) is 18.2. The van der Waals surface area contributed by atoms with Crippen LogP contribution in [-0.4, -0.2) is 17.7 Å². The van der Waals surface area contributed by atoms with Gasteiger partial charge in [-0.05, 0) is 48.5 Å². The third-order valence-electron chi connectivity index (χ3n) is 4.91. The Bertz CT molecular complexity index is 1150. The summed E-state index contributed by atoms with van der Waals surface area (Å²) in [6.07, 6.45) is 1.78. The van der Waals surface area contributed by atoms with Crippen LogP contribution in [0.1, 0.15) is 18.7 Å². The number of hydrogen-bond acceptors (Lipinski definition) is 3. The van der Waals surface area contributed by atoms with Crippen LogP contribution < -0.4 is 44.1 Å². The van der Waals surface area contributed by atoms with Crippen LogP contribution in [-0.2, 0) is 20.9 Å². The molecule has 2 aromatic carbocycles. The Hall–Kier alpha value is -2.98. The normalized spacial score (nSPS) is 14.8. The maximum Gasteiger partial charge on any atom is 0.294 e. The van der Waals surface area contributed by atoms with Crippen LogP contribution in [0.4, 0.5) is 17.1 Å². The molecule has 0 fully saturated rings. The van der Waals surface area contributed by atoms with E-state index >= 15 is 0 Å². The number of benzene rings is 2. The second kappa shape index (κ2) is 10.1. The molecule has 4 rings (SSSR count).